The van der Waals surface area contributed by atoms with Crippen molar-refractivity contribution in [2.45, 2.75) is 13.8 Å². The second kappa shape index (κ2) is 4.79. The van der Waals surface area contributed by atoms with E-state index in [2.05, 4.69) is 0 Å². The Morgan fingerprint density at radius 2 is 2.00 bits per heavy atom. The summed E-state index contributed by atoms with van der Waals surface area (Å²) in [6.45, 7) is 3.44. The van der Waals surface area contributed by atoms with E-state index in [-0.39, 0.29) is 18.1 Å². The molecule has 0 aliphatic carbocycles. The second-order valence-corrected chi connectivity index (χ2v) is 4.55. The van der Waals surface area contributed by atoms with E-state index >= 15 is 0 Å². The Bertz CT molecular complexity index is 433. The van der Waals surface area contributed by atoms with Crippen LogP contribution in [0.1, 0.15) is 13.8 Å². The van der Waals surface area contributed by atoms with Gasteiger partial charge in [0.25, 0.3) is 0 Å². The molecule has 0 saturated heterocycles. The fourth-order valence-corrected chi connectivity index (χ4v) is 1.39. The van der Waals surface area contributed by atoms with Crippen LogP contribution in [0.15, 0.2) is 18.2 Å². The van der Waals surface area contributed by atoms with Gasteiger partial charge < -0.3 is 10.6 Å². The van der Waals surface area contributed by atoms with E-state index in [0.29, 0.717) is 0 Å². The Kier molecular flexibility index (Phi) is 3.83. The first-order valence-corrected chi connectivity index (χ1v) is 5.23. The number of hydrogen-bond donors (Lipinski definition) is 1. The average molecular weight is 242 g/mol. The first kappa shape index (κ1) is 13.6. The van der Waals surface area contributed by atoms with Gasteiger partial charge in [-0.3, -0.25) is 4.79 Å². The van der Waals surface area contributed by atoms with Crippen molar-refractivity contribution in [1.29, 1.82) is 0 Å². The lowest BCUT2D eigenvalue weighted by Crippen LogP contribution is -2.43. The Morgan fingerprint density at radius 3 is 2.53 bits per heavy atom. The van der Waals surface area contributed by atoms with Crippen LogP contribution in [0.3, 0.4) is 0 Å². The van der Waals surface area contributed by atoms with Crippen molar-refractivity contribution < 1.29 is 13.6 Å². The minimum absolute atomic E-state index is 0.0866. The largest absolute Gasteiger partial charge is 0.329 e. The molecule has 0 heterocycles. The maximum absolute atomic E-state index is 13.5. The van der Waals surface area contributed by atoms with Crippen molar-refractivity contribution in [3.05, 3.63) is 29.8 Å². The monoisotopic (exact) mass is 242 g/mol. The zero-order chi connectivity index (χ0) is 13.2. The molecule has 1 rings (SSSR count). The molecule has 1 amide bonds. The molecule has 1 aromatic rings. The number of rotatable bonds is 3. The van der Waals surface area contributed by atoms with Crippen molar-refractivity contribution in [2.75, 3.05) is 18.5 Å². The molecule has 94 valence electrons. The number of nitrogens with zero attached hydrogens (tertiary/aromatic N) is 1. The number of carbonyl (C=O) groups excluding carboxylic acids is 1. The quantitative estimate of drug-likeness (QED) is 0.880. The topological polar surface area (TPSA) is 46.3 Å². The van der Waals surface area contributed by atoms with Crippen LogP contribution < -0.4 is 10.6 Å². The van der Waals surface area contributed by atoms with Gasteiger partial charge in [-0.05, 0) is 26.0 Å². The van der Waals surface area contributed by atoms with Gasteiger partial charge in [-0.15, -0.1) is 0 Å². The standard InChI is InChI=1S/C12H16F2N2O/c1-12(2,7-15)11(17)16(3)10-6-8(13)4-5-9(10)14/h4-6H,7,15H2,1-3H3. The fourth-order valence-electron chi connectivity index (χ4n) is 1.39. The predicted molar refractivity (Wildman–Crippen MR) is 62.6 cm³/mol. The average Bonchev–Trinajstić information content (AvgIpc) is 2.30. The fraction of sp³-hybridized carbons (Fsp3) is 0.417. The van der Waals surface area contributed by atoms with Gasteiger partial charge >= 0.3 is 0 Å². The SMILES string of the molecule is CN(C(=O)C(C)(C)CN)c1cc(F)ccc1F. The normalized spacial score (nSPS) is 11.4. The van der Waals surface area contributed by atoms with Crippen LogP contribution in [0, 0.1) is 17.0 Å². The number of halogens is 2. The van der Waals surface area contributed by atoms with Crippen LogP contribution in [0.2, 0.25) is 0 Å². The molecule has 0 atom stereocenters. The summed E-state index contributed by atoms with van der Waals surface area (Å²) in [5.41, 5.74) is 4.58. The molecule has 0 spiro atoms. The Balaban J connectivity index is 3.08. The molecule has 0 radical (unpaired) electrons. The van der Waals surface area contributed by atoms with E-state index in [1.807, 2.05) is 0 Å². The second-order valence-electron chi connectivity index (χ2n) is 4.55. The van der Waals surface area contributed by atoms with Crippen molar-refractivity contribution in [3.63, 3.8) is 0 Å². The minimum atomic E-state index is -0.812. The van der Waals surface area contributed by atoms with Gasteiger partial charge in [0, 0.05) is 19.7 Å². The summed E-state index contributed by atoms with van der Waals surface area (Å²) in [7, 11) is 1.40. The van der Waals surface area contributed by atoms with Gasteiger partial charge in [0.2, 0.25) is 5.91 Å². The zero-order valence-corrected chi connectivity index (χ0v) is 10.1. The predicted octanol–water partition coefficient (Wildman–Crippen LogP) is 1.91. The van der Waals surface area contributed by atoms with Crippen LogP contribution in [-0.2, 0) is 4.79 Å². The minimum Gasteiger partial charge on any atom is -0.329 e. The summed E-state index contributed by atoms with van der Waals surface area (Å²) < 4.78 is 26.5. The van der Waals surface area contributed by atoms with E-state index in [1.54, 1.807) is 13.8 Å². The molecule has 0 bridgehead atoms. The smallest absolute Gasteiger partial charge is 0.233 e. The van der Waals surface area contributed by atoms with Crippen molar-refractivity contribution in [3.8, 4) is 0 Å². The lowest BCUT2D eigenvalue weighted by atomic mass is 9.92. The molecular weight excluding hydrogens is 226 g/mol. The van der Waals surface area contributed by atoms with Gasteiger partial charge in [0.15, 0.2) is 0 Å². The van der Waals surface area contributed by atoms with Gasteiger partial charge in [-0.25, -0.2) is 8.78 Å². The number of benzene rings is 1. The first-order chi connectivity index (χ1) is 7.79. The lowest BCUT2D eigenvalue weighted by Gasteiger charge is -2.28. The summed E-state index contributed by atoms with van der Waals surface area (Å²) in [5, 5.41) is 0. The Labute approximate surface area is 99.2 Å². The maximum atomic E-state index is 13.5. The van der Waals surface area contributed by atoms with Crippen LogP contribution in [0.4, 0.5) is 14.5 Å². The molecule has 17 heavy (non-hydrogen) atoms. The third-order valence-electron chi connectivity index (χ3n) is 2.66. The molecule has 1 aromatic carbocycles. The number of anilines is 1. The number of carbonyl (C=O) groups is 1. The summed E-state index contributed by atoms with van der Waals surface area (Å²) in [4.78, 5) is 13.1. The molecule has 3 nitrogen and oxygen atoms in total. The molecule has 0 aromatic heterocycles. The number of nitrogens with two attached hydrogens (primary N) is 1. The number of hydrogen-bond acceptors (Lipinski definition) is 2. The Morgan fingerprint density at radius 1 is 1.41 bits per heavy atom. The molecular formula is C12H16F2N2O. The van der Waals surface area contributed by atoms with Crippen LogP contribution >= 0.6 is 0 Å². The highest BCUT2D eigenvalue weighted by Crippen LogP contribution is 2.24. The summed E-state index contributed by atoms with van der Waals surface area (Å²) in [5.74, 6) is -1.59. The molecule has 2 N–H and O–H groups in total. The Hall–Kier alpha value is -1.49. The summed E-state index contributed by atoms with van der Waals surface area (Å²) in [6.07, 6.45) is 0. The molecule has 0 saturated carbocycles. The summed E-state index contributed by atoms with van der Waals surface area (Å²) >= 11 is 0. The molecule has 0 aliphatic rings. The molecule has 5 heteroatoms. The lowest BCUT2D eigenvalue weighted by molar-refractivity contribution is -0.125. The zero-order valence-electron chi connectivity index (χ0n) is 10.1. The molecule has 0 unspecified atom stereocenters. The number of amides is 1. The van der Waals surface area contributed by atoms with Crippen LogP contribution in [-0.4, -0.2) is 19.5 Å². The van der Waals surface area contributed by atoms with E-state index in [0.717, 1.165) is 23.1 Å². The highest BCUT2D eigenvalue weighted by atomic mass is 19.1. The van der Waals surface area contributed by atoms with Gasteiger partial charge in [-0.1, -0.05) is 0 Å². The third-order valence-corrected chi connectivity index (χ3v) is 2.66. The highest BCUT2D eigenvalue weighted by Gasteiger charge is 2.30. The van der Waals surface area contributed by atoms with E-state index in [1.165, 1.54) is 7.05 Å². The van der Waals surface area contributed by atoms with Crippen molar-refractivity contribution in [1.82, 2.24) is 0 Å². The summed E-state index contributed by atoms with van der Waals surface area (Å²) in [6, 6.07) is 2.98. The van der Waals surface area contributed by atoms with Crippen molar-refractivity contribution in [2.24, 2.45) is 11.1 Å². The van der Waals surface area contributed by atoms with E-state index < -0.39 is 17.0 Å². The van der Waals surface area contributed by atoms with Gasteiger partial charge in [0.1, 0.15) is 11.6 Å². The van der Waals surface area contributed by atoms with Crippen LogP contribution in [0.25, 0.3) is 0 Å². The molecule has 0 aliphatic heterocycles. The molecule has 0 fully saturated rings. The third kappa shape index (κ3) is 2.79. The maximum Gasteiger partial charge on any atom is 0.233 e. The van der Waals surface area contributed by atoms with Gasteiger partial charge in [-0.2, -0.15) is 0 Å². The first-order valence-electron chi connectivity index (χ1n) is 5.23. The van der Waals surface area contributed by atoms with Crippen LogP contribution in [0.5, 0.6) is 0 Å². The van der Waals surface area contributed by atoms with Gasteiger partial charge in [0.05, 0.1) is 11.1 Å². The van der Waals surface area contributed by atoms with Crippen molar-refractivity contribution >= 4 is 11.6 Å². The van der Waals surface area contributed by atoms with E-state index in [4.69, 9.17) is 5.73 Å². The van der Waals surface area contributed by atoms with E-state index in [9.17, 15) is 13.6 Å². The highest BCUT2D eigenvalue weighted by molar-refractivity contribution is 5.96.